The van der Waals surface area contributed by atoms with E-state index in [0.29, 0.717) is 30.0 Å². The molecule has 1 saturated heterocycles. The summed E-state index contributed by atoms with van der Waals surface area (Å²) in [5, 5.41) is 3.95. The van der Waals surface area contributed by atoms with Crippen LogP contribution in [-0.2, 0) is 12.2 Å². The van der Waals surface area contributed by atoms with Gasteiger partial charge in [-0.3, -0.25) is 4.79 Å². The first kappa shape index (κ1) is 23.4. The van der Waals surface area contributed by atoms with Crippen LogP contribution in [0.4, 0.5) is 0 Å². The predicted molar refractivity (Wildman–Crippen MR) is 130 cm³/mol. The molecular formula is C26H31N3O3S. The number of rotatable bonds is 9. The molecule has 0 bridgehead atoms. The summed E-state index contributed by atoms with van der Waals surface area (Å²) in [4.78, 5) is 20.5. The van der Waals surface area contributed by atoms with E-state index in [1.54, 1.807) is 18.7 Å². The monoisotopic (exact) mass is 465 g/mol. The molecule has 0 radical (unpaired) electrons. The summed E-state index contributed by atoms with van der Waals surface area (Å²) < 4.78 is 10.6. The molecule has 0 N–H and O–H groups in total. The van der Waals surface area contributed by atoms with Crippen molar-refractivity contribution in [1.29, 1.82) is 0 Å². The van der Waals surface area contributed by atoms with E-state index in [1.165, 1.54) is 5.56 Å². The van der Waals surface area contributed by atoms with Gasteiger partial charge >= 0.3 is 0 Å². The number of amides is 1. The number of aromatic nitrogens is 2. The molecule has 1 amide bonds. The summed E-state index contributed by atoms with van der Waals surface area (Å²) in [6.45, 7) is 6.10. The van der Waals surface area contributed by atoms with Crippen molar-refractivity contribution >= 4 is 17.7 Å². The molecule has 1 aliphatic heterocycles. The lowest BCUT2D eigenvalue weighted by Crippen LogP contribution is -2.38. The van der Waals surface area contributed by atoms with Crippen LogP contribution < -0.4 is 4.74 Å². The van der Waals surface area contributed by atoms with Gasteiger partial charge in [0.15, 0.2) is 5.82 Å². The summed E-state index contributed by atoms with van der Waals surface area (Å²) in [5.41, 5.74) is 2.11. The van der Waals surface area contributed by atoms with Crippen molar-refractivity contribution in [2.45, 2.75) is 50.2 Å². The van der Waals surface area contributed by atoms with Crippen LogP contribution in [0.2, 0.25) is 0 Å². The molecule has 4 rings (SSSR count). The van der Waals surface area contributed by atoms with Crippen LogP contribution in [0.25, 0.3) is 0 Å². The number of nitrogens with zero attached hydrogens (tertiary/aromatic N) is 3. The fourth-order valence-corrected chi connectivity index (χ4v) is 5.08. The number of hydrogen-bond donors (Lipinski definition) is 0. The van der Waals surface area contributed by atoms with Gasteiger partial charge in [0, 0.05) is 24.9 Å². The number of likely N-dealkylation sites (tertiary alicyclic amines) is 1. The van der Waals surface area contributed by atoms with Crippen molar-refractivity contribution in [3.8, 4) is 5.75 Å². The van der Waals surface area contributed by atoms with Crippen LogP contribution in [0.15, 0.2) is 57.9 Å². The van der Waals surface area contributed by atoms with Crippen molar-refractivity contribution < 1.29 is 14.1 Å². The first-order valence-corrected chi connectivity index (χ1v) is 12.6. The van der Waals surface area contributed by atoms with Gasteiger partial charge in [-0.1, -0.05) is 29.4 Å². The van der Waals surface area contributed by atoms with Gasteiger partial charge in [0.05, 0.1) is 17.9 Å². The SMILES string of the molecule is CCOc1ccc(CCC2CCN(C(=O)c3ccccc3SCc3noc(C)n3)CC2)cc1. The lowest BCUT2D eigenvalue weighted by Gasteiger charge is -2.32. The number of carbonyl (C=O) groups excluding carboxylic acids is 1. The molecule has 0 atom stereocenters. The average molecular weight is 466 g/mol. The highest BCUT2D eigenvalue weighted by Gasteiger charge is 2.25. The Labute approximate surface area is 199 Å². The third kappa shape index (κ3) is 6.38. The van der Waals surface area contributed by atoms with Crippen LogP contribution in [-0.4, -0.2) is 40.6 Å². The van der Waals surface area contributed by atoms with Crippen LogP contribution in [0.5, 0.6) is 5.75 Å². The van der Waals surface area contributed by atoms with E-state index < -0.39 is 0 Å². The maximum absolute atomic E-state index is 13.3. The quantitative estimate of drug-likeness (QED) is 0.386. The van der Waals surface area contributed by atoms with Gasteiger partial charge in [-0.25, -0.2) is 0 Å². The van der Waals surface area contributed by atoms with Gasteiger partial charge < -0.3 is 14.2 Å². The number of benzene rings is 2. The normalized spacial score (nSPS) is 14.4. The number of carbonyl (C=O) groups is 1. The molecular weight excluding hydrogens is 434 g/mol. The van der Waals surface area contributed by atoms with E-state index in [1.807, 2.05) is 36.1 Å². The summed E-state index contributed by atoms with van der Waals surface area (Å²) in [7, 11) is 0. The topological polar surface area (TPSA) is 68.5 Å². The van der Waals surface area contributed by atoms with Gasteiger partial charge in [-0.05, 0) is 68.4 Å². The molecule has 174 valence electrons. The number of hydrogen-bond acceptors (Lipinski definition) is 6. The summed E-state index contributed by atoms with van der Waals surface area (Å²) in [6.07, 6.45) is 4.34. The molecule has 1 fully saturated rings. The minimum atomic E-state index is 0.118. The fourth-order valence-electron chi connectivity index (χ4n) is 4.20. The first-order chi connectivity index (χ1) is 16.1. The minimum Gasteiger partial charge on any atom is -0.494 e. The van der Waals surface area contributed by atoms with E-state index in [-0.39, 0.29) is 5.91 Å². The Morgan fingerprint density at radius 2 is 1.91 bits per heavy atom. The van der Waals surface area contributed by atoms with E-state index in [9.17, 15) is 4.79 Å². The lowest BCUT2D eigenvalue weighted by atomic mass is 9.90. The Bertz CT molecular complexity index is 1040. The molecule has 7 heteroatoms. The number of piperidine rings is 1. The maximum atomic E-state index is 13.3. The van der Waals surface area contributed by atoms with Gasteiger partial charge in [0.25, 0.3) is 5.91 Å². The first-order valence-electron chi connectivity index (χ1n) is 11.6. The standard InChI is InChI=1S/C26H31N3O3S/c1-3-31-22-12-10-20(11-13-22)8-9-21-14-16-29(17-15-21)26(30)23-6-4-5-7-24(23)33-18-25-27-19(2)32-28-25/h4-7,10-13,21H,3,8-9,14-18H2,1-2H3. The fraction of sp³-hybridized carbons (Fsp3) is 0.423. The molecule has 1 aromatic heterocycles. The predicted octanol–water partition coefficient (Wildman–Crippen LogP) is 5.55. The molecule has 2 aromatic carbocycles. The molecule has 0 aliphatic carbocycles. The van der Waals surface area contributed by atoms with Gasteiger partial charge in [0.1, 0.15) is 5.75 Å². The average Bonchev–Trinajstić information content (AvgIpc) is 3.27. The largest absolute Gasteiger partial charge is 0.494 e. The zero-order valence-corrected chi connectivity index (χ0v) is 20.1. The van der Waals surface area contributed by atoms with Crippen molar-refractivity contribution in [1.82, 2.24) is 15.0 Å². The highest BCUT2D eigenvalue weighted by Crippen LogP contribution is 2.29. The number of thioether (sulfide) groups is 1. The molecule has 0 unspecified atom stereocenters. The summed E-state index contributed by atoms with van der Waals surface area (Å²) in [5.74, 6) is 3.49. The van der Waals surface area contributed by atoms with Crippen LogP contribution in [0, 0.1) is 12.8 Å². The molecule has 0 spiro atoms. The van der Waals surface area contributed by atoms with Crippen LogP contribution in [0.1, 0.15) is 53.8 Å². The molecule has 2 heterocycles. The number of aryl methyl sites for hydroxylation is 2. The smallest absolute Gasteiger partial charge is 0.254 e. The third-order valence-corrected chi connectivity index (χ3v) is 7.09. The zero-order valence-electron chi connectivity index (χ0n) is 19.3. The minimum absolute atomic E-state index is 0.118. The molecule has 3 aromatic rings. The summed E-state index contributed by atoms with van der Waals surface area (Å²) >= 11 is 1.57. The van der Waals surface area contributed by atoms with Crippen molar-refractivity contribution in [3.05, 3.63) is 71.4 Å². The lowest BCUT2D eigenvalue weighted by molar-refractivity contribution is 0.0683. The Morgan fingerprint density at radius 1 is 1.15 bits per heavy atom. The van der Waals surface area contributed by atoms with E-state index in [2.05, 4.69) is 34.4 Å². The molecule has 33 heavy (non-hydrogen) atoms. The van der Waals surface area contributed by atoms with E-state index in [0.717, 1.165) is 55.0 Å². The second kappa shape index (κ2) is 11.4. The van der Waals surface area contributed by atoms with Crippen molar-refractivity contribution in [3.63, 3.8) is 0 Å². The van der Waals surface area contributed by atoms with Crippen molar-refractivity contribution in [2.75, 3.05) is 19.7 Å². The summed E-state index contributed by atoms with van der Waals surface area (Å²) in [6, 6.07) is 16.2. The third-order valence-electron chi connectivity index (χ3n) is 6.02. The van der Waals surface area contributed by atoms with Crippen LogP contribution >= 0.6 is 11.8 Å². The second-order valence-electron chi connectivity index (χ2n) is 8.37. The highest BCUT2D eigenvalue weighted by molar-refractivity contribution is 7.98. The van der Waals surface area contributed by atoms with E-state index in [4.69, 9.17) is 9.26 Å². The Morgan fingerprint density at radius 3 is 2.61 bits per heavy atom. The molecule has 0 saturated carbocycles. The second-order valence-corrected chi connectivity index (χ2v) is 9.38. The van der Waals surface area contributed by atoms with Gasteiger partial charge in [0.2, 0.25) is 5.89 Å². The highest BCUT2D eigenvalue weighted by atomic mass is 32.2. The number of ether oxygens (including phenoxy) is 1. The van der Waals surface area contributed by atoms with Crippen LogP contribution in [0.3, 0.4) is 0 Å². The Kier molecular flexibility index (Phi) is 8.05. The Hall–Kier alpha value is -2.80. The van der Waals surface area contributed by atoms with Crippen molar-refractivity contribution in [2.24, 2.45) is 5.92 Å². The van der Waals surface area contributed by atoms with E-state index >= 15 is 0 Å². The zero-order chi connectivity index (χ0) is 23.0. The maximum Gasteiger partial charge on any atom is 0.254 e. The Balaban J connectivity index is 1.27. The molecule has 6 nitrogen and oxygen atoms in total. The van der Waals surface area contributed by atoms with Gasteiger partial charge in [-0.2, -0.15) is 4.98 Å². The van der Waals surface area contributed by atoms with Gasteiger partial charge in [-0.15, -0.1) is 11.8 Å². The molecule has 1 aliphatic rings.